The Morgan fingerprint density at radius 2 is 0.533 bits per heavy atom. The van der Waals surface area contributed by atoms with Crippen LogP contribution in [0.25, 0.3) is 0 Å². The zero-order valence-corrected chi connectivity index (χ0v) is 30.4. The van der Waals surface area contributed by atoms with Crippen LogP contribution in [-0.2, 0) is 0 Å². The van der Waals surface area contributed by atoms with Crippen LogP contribution in [0.5, 0.6) is 0 Å². The van der Waals surface area contributed by atoms with Crippen LogP contribution in [0.15, 0.2) is 0 Å². The zero-order valence-electron chi connectivity index (χ0n) is 24.5. The third-order valence-electron chi connectivity index (χ3n) is 8.50. The standard InChI is InChI=1S/C26H57Si3.Sn/c1-21(2,3)28(22(4,5)6,23(7,8)9)27(19,20)29(24(10,11)12,25(13,14)15)26(16,17)18;/h1-19H3;. The normalized spacial score (nSPS) is 16.5. The predicted octanol–water partition coefficient (Wildman–Crippen LogP) is 9.59. The average Bonchev–Trinajstić information content (AvgIpc) is 2.27. The minimum atomic E-state index is -2.03. The van der Waals surface area contributed by atoms with Crippen molar-refractivity contribution >= 4 is 44.1 Å². The van der Waals surface area contributed by atoms with Crippen LogP contribution in [0.4, 0.5) is 0 Å². The van der Waals surface area contributed by atoms with Crippen LogP contribution in [-0.4, -0.2) is 44.1 Å². The summed E-state index contributed by atoms with van der Waals surface area (Å²) in [5, 5.41) is 1.88. The summed E-state index contributed by atoms with van der Waals surface area (Å²) < 4.78 is 4.45. The molecule has 0 aromatic rings. The summed E-state index contributed by atoms with van der Waals surface area (Å²) in [7, 11) is -6.04. The van der Waals surface area contributed by atoms with Crippen molar-refractivity contribution in [1.82, 2.24) is 0 Å². The van der Waals surface area contributed by atoms with E-state index in [0.29, 0.717) is 30.2 Å². The molecular formula is C26H57Si3Sn. The third kappa shape index (κ3) is 4.01. The fourth-order valence-corrected chi connectivity index (χ4v) is 99.9. The number of hydrogen-bond donors (Lipinski definition) is 0. The van der Waals surface area contributed by atoms with Gasteiger partial charge in [0.1, 0.15) is 0 Å². The van der Waals surface area contributed by atoms with Gasteiger partial charge in [0.2, 0.25) is 0 Å². The van der Waals surface area contributed by atoms with E-state index in [9.17, 15) is 0 Å². The van der Waals surface area contributed by atoms with Crippen molar-refractivity contribution in [2.24, 2.45) is 0 Å². The van der Waals surface area contributed by atoms with Gasteiger partial charge in [-0.1, -0.05) is 0 Å². The van der Waals surface area contributed by atoms with Crippen molar-refractivity contribution in [3.05, 3.63) is 0 Å². The summed E-state index contributed by atoms with van der Waals surface area (Å²) in [5.74, 6) is 0. The Labute approximate surface area is 207 Å². The van der Waals surface area contributed by atoms with Gasteiger partial charge in [-0.25, -0.2) is 0 Å². The average molecular weight is 573 g/mol. The molecule has 0 aliphatic carbocycles. The molecular weight excluding hydrogens is 515 g/mol. The van der Waals surface area contributed by atoms with Crippen LogP contribution >= 0.6 is 0 Å². The Kier molecular flexibility index (Phi) is 8.50. The van der Waals surface area contributed by atoms with Crippen LogP contribution in [0.3, 0.4) is 0 Å². The fraction of sp³-hybridized carbons (Fsp3) is 0.962. The second-order valence-corrected chi connectivity index (χ2v) is 44.9. The van der Waals surface area contributed by atoms with Gasteiger partial charge < -0.3 is 0 Å². The monoisotopic (exact) mass is 573 g/mol. The maximum absolute atomic E-state index is 4.45. The molecule has 0 atom stereocenters. The van der Waals surface area contributed by atoms with E-state index in [2.05, 4.69) is 135 Å². The molecule has 0 nitrogen and oxygen atoms in total. The Bertz CT molecular complexity index is 534. The van der Waals surface area contributed by atoms with Gasteiger partial charge in [0.05, 0.1) is 0 Å². The SMILES string of the molecule is CC(C)(C)[Si](C(C)(C)C)(C(C)(C)C)[Si](C)([C]#[Sn])[Si](C(C)(C)C)(C(C)(C)C)C(C)(C)C. The number of hydrogen-bond acceptors (Lipinski definition) is 0. The molecule has 0 heterocycles. The first-order valence-electron chi connectivity index (χ1n) is 12.0. The van der Waals surface area contributed by atoms with Crippen molar-refractivity contribution in [2.75, 3.05) is 0 Å². The van der Waals surface area contributed by atoms with Crippen molar-refractivity contribution < 1.29 is 0 Å². The zero-order chi connectivity index (χ0) is 25.2. The quantitative estimate of drug-likeness (QED) is 0.289. The molecule has 0 aliphatic rings. The first-order valence-corrected chi connectivity index (χ1v) is 21.9. The van der Waals surface area contributed by atoms with Crippen LogP contribution in [0.2, 0.25) is 36.8 Å². The van der Waals surface area contributed by atoms with E-state index in [1.54, 1.807) is 0 Å². The van der Waals surface area contributed by atoms with Crippen molar-refractivity contribution in [3.8, 4) is 3.44 Å². The maximum atomic E-state index is 4.45. The topological polar surface area (TPSA) is 0 Å². The molecule has 30 heavy (non-hydrogen) atoms. The third-order valence-corrected chi connectivity index (χ3v) is 64.1. The van der Waals surface area contributed by atoms with E-state index in [-0.39, 0.29) is 0 Å². The molecule has 0 unspecified atom stereocenters. The Hall–Kier alpha value is 1.23. The summed E-state index contributed by atoms with van der Waals surface area (Å²) in [5.41, 5.74) is 0. The van der Waals surface area contributed by atoms with Gasteiger partial charge in [-0.3, -0.25) is 0 Å². The molecule has 1 radical (unpaired) electrons. The molecule has 0 aromatic carbocycles. The van der Waals surface area contributed by atoms with Crippen molar-refractivity contribution in [2.45, 2.75) is 161 Å². The first-order chi connectivity index (χ1) is 12.6. The Balaban J connectivity index is 8.53. The van der Waals surface area contributed by atoms with Gasteiger partial charge in [0, 0.05) is 0 Å². The van der Waals surface area contributed by atoms with E-state index in [1.165, 1.54) is 21.8 Å². The second-order valence-electron chi connectivity index (χ2n) is 16.2. The molecule has 0 aliphatic heterocycles. The van der Waals surface area contributed by atoms with Crippen LogP contribution < -0.4 is 0 Å². The molecule has 0 amide bonds. The van der Waals surface area contributed by atoms with E-state index in [1.807, 2.05) is 0 Å². The van der Waals surface area contributed by atoms with Crippen molar-refractivity contribution in [3.63, 3.8) is 0 Å². The molecule has 0 saturated carbocycles. The first kappa shape index (κ1) is 31.2. The Morgan fingerprint density at radius 1 is 0.400 bits per heavy atom. The Morgan fingerprint density at radius 3 is 0.600 bits per heavy atom. The van der Waals surface area contributed by atoms with E-state index < -0.39 is 22.3 Å². The van der Waals surface area contributed by atoms with Gasteiger partial charge in [-0.05, 0) is 0 Å². The van der Waals surface area contributed by atoms with Crippen LogP contribution in [0, 0.1) is 3.44 Å². The minimum absolute atomic E-state index is 0.313. The van der Waals surface area contributed by atoms with Gasteiger partial charge in [0.25, 0.3) is 0 Å². The van der Waals surface area contributed by atoms with Crippen LogP contribution in [0.1, 0.15) is 125 Å². The number of rotatable bonds is 2. The summed E-state index contributed by atoms with van der Waals surface area (Å²) in [6.07, 6.45) is 0. The van der Waals surface area contributed by atoms with Gasteiger partial charge >= 0.3 is 209 Å². The van der Waals surface area contributed by atoms with Gasteiger partial charge in [-0.15, -0.1) is 0 Å². The molecule has 0 rings (SSSR count). The molecule has 0 fully saturated rings. The molecule has 4 heteroatoms. The second kappa shape index (κ2) is 8.17. The summed E-state index contributed by atoms with van der Waals surface area (Å²) in [6.45, 7) is 49.9. The predicted molar refractivity (Wildman–Crippen MR) is 151 cm³/mol. The summed E-state index contributed by atoms with van der Waals surface area (Å²) in [6, 6.07) is 0. The van der Waals surface area contributed by atoms with E-state index in [4.69, 9.17) is 0 Å². The summed E-state index contributed by atoms with van der Waals surface area (Å²) in [4.78, 5) is 0. The summed E-state index contributed by atoms with van der Waals surface area (Å²) >= 11 is 1.54. The van der Waals surface area contributed by atoms with E-state index >= 15 is 0 Å². The molecule has 177 valence electrons. The van der Waals surface area contributed by atoms with Gasteiger partial charge in [0.15, 0.2) is 0 Å². The van der Waals surface area contributed by atoms with Gasteiger partial charge in [-0.2, -0.15) is 0 Å². The van der Waals surface area contributed by atoms with E-state index in [0.717, 1.165) is 0 Å². The molecule has 0 N–H and O–H groups in total. The molecule has 0 bridgehead atoms. The fourth-order valence-electron chi connectivity index (χ4n) is 11.7. The van der Waals surface area contributed by atoms with Crippen molar-refractivity contribution in [1.29, 1.82) is 0 Å². The molecule has 0 saturated heterocycles. The molecule has 0 spiro atoms. The molecule has 0 aromatic heterocycles.